The van der Waals surface area contributed by atoms with E-state index in [9.17, 15) is 36.7 Å². The van der Waals surface area contributed by atoms with Crippen molar-refractivity contribution < 1.29 is 36.7 Å². The van der Waals surface area contributed by atoms with Gasteiger partial charge in [-0.25, -0.2) is 14.2 Å². The van der Waals surface area contributed by atoms with Gasteiger partial charge in [0.2, 0.25) is 0 Å². The second-order valence-corrected chi connectivity index (χ2v) is 12.8. The average molecular weight is 697 g/mol. The van der Waals surface area contributed by atoms with Crippen LogP contribution in [0.4, 0.5) is 28.9 Å². The van der Waals surface area contributed by atoms with E-state index in [0.29, 0.717) is 38.1 Å². The monoisotopic (exact) mass is 696 g/mol. The van der Waals surface area contributed by atoms with E-state index < -0.39 is 42.0 Å². The molecular weight excluding hydrogens is 676 g/mol. The third-order valence-corrected chi connectivity index (χ3v) is 10.1. The number of nitrogens with one attached hydrogen (secondary N) is 2. The number of alkyl halides is 4. The Bertz CT molecular complexity index is 2950. The third kappa shape index (κ3) is 3.75. The molecule has 0 fully saturated rings. The lowest BCUT2D eigenvalue weighted by molar-refractivity contribution is -0.137. The van der Waals surface area contributed by atoms with Crippen molar-refractivity contribution in [1.82, 2.24) is 9.97 Å². The molecule has 8 nitrogen and oxygen atoms in total. The van der Waals surface area contributed by atoms with E-state index in [1.807, 2.05) is 0 Å². The Kier molecular flexibility index (Phi) is 5.85. The van der Waals surface area contributed by atoms with Crippen LogP contribution in [0.3, 0.4) is 0 Å². The number of hydrogen-bond donors (Lipinski definition) is 2. The third-order valence-electron chi connectivity index (χ3n) is 10.1. The summed E-state index contributed by atoms with van der Waals surface area (Å²) in [6, 6.07) is 23.8. The van der Waals surface area contributed by atoms with Crippen molar-refractivity contribution in [1.29, 1.82) is 0 Å². The molecule has 2 aliphatic rings. The number of amides is 4. The van der Waals surface area contributed by atoms with E-state index in [1.54, 1.807) is 48.5 Å². The van der Waals surface area contributed by atoms with Crippen molar-refractivity contribution in [2.24, 2.45) is 0 Å². The van der Waals surface area contributed by atoms with E-state index >= 15 is 0 Å². The molecule has 0 saturated heterocycles. The number of fused-ring (bicyclic) bond motifs is 10. The maximum atomic E-state index is 14.9. The zero-order chi connectivity index (χ0) is 35.8. The fourth-order valence-corrected chi connectivity index (χ4v) is 7.92. The second kappa shape index (κ2) is 10.1. The SMILES string of the molecule is O=C1c2c3[nH]c4ccccc4c3c3c4c(c5[nH]c6ccccc6c5c(c24)C(=O)N1c1ccc(CF)cc1)C(=O)N(c1ccc(C(F)(F)F)cc1)C3=O. The maximum absolute atomic E-state index is 14.9. The summed E-state index contributed by atoms with van der Waals surface area (Å²) in [5.74, 6) is -3.10. The Morgan fingerprint density at radius 2 is 0.904 bits per heavy atom. The zero-order valence-electron chi connectivity index (χ0n) is 26.5. The first-order valence-corrected chi connectivity index (χ1v) is 16.1. The Hall–Kier alpha value is -6.82. The summed E-state index contributed by atoms with van der Waals surface area (Å²) in [5.41, 5.74) is 1.26. The molecule has 0 radical (unpaired) electrons. The standard InChI is InChI=1S/C40H20F4N4O4/c41-17-18-9-13-20(14-10-18)47-36(49)30-26-22-5-1-3-7-24(22)46-35(26)33-29-28(30)32(38(47)51)34-27(23-6-2-4-8-25(23)45-34)31(29)37(50)48(39(33)52)21-15-11-19(12-16-21)40(42,43)44/h1-16,45-46H,17H2. The highest BCUT2D eigenvalue weighted by Crippen LogP contribution is 2.50. The first-order chi connectivity index (χ1) is 25.1. The number of rotatable bonds is 3. The normalized spacial score (nSPS) is 14.7. The first-order valence-electron chi connectivity index (χ1n) is 16.1. The van der Waals surface area contributed by atoms with Gasteiger partial charge in [0.25, 0.3) is 23.6 Å². The summed E-state index contributed by atoms with van der Waals surface area (Å²) in [5, 5.41) is 1.96. The van der Waals surface area contributed by atoms with E-state index in [1.165, 1.54) is 24.3 Å². The highest BCUT2D eigenvalue weighted by atomic mass is 19.4. The van der Waals surface area contributed by atoms with Gasteiger partial charge in [0.05, 0.1) is 50.2 Å². The lowest BCUT2D eigenvalue weighted by Gasteiger charge is -2.33. The largest absolute Gasteiger partial charge is 0.416 e. The zero-order valence-corrected chi connectivity index (χ0v) is 26.5. The molecular formula is C40H20F4N4O4. The number of nitrogens with zero attached hydrogens (tertiary/aromatic N) is 2. The van der Waals surface area contributed by atoms with Gasteiger partial charge in [-0.15, -0.1) is 0 Å². The Morgan fingerprint density at radius 3 is 1.33 bits per heavy atom. The van der Waals surface area contributed by atoms with Crippen molar-refractivity contribution in [2.75, 3.05) is 9.80 Å². The Balaban J connectivity index is 1.40. The van der Waals surface area contributed by atoms with Crippen molar-refractivity contribution in [3.8, 4) is 0 Å². The molecule has 52 heavy (non-hydrogen) atoms. The molecule has 0 unspecified atom stereocenters. The van der Waals surface area contributed by atoms with Crippen LogP contribution in [0, 0.1) is 0 Å². The lowest BCUT2D eigenvalue weighted by atomic mass is 9.81. The average Bonchev–Trinajstić information content (AvgIpc) is 3.71. The number of aromatic nitrogens is 2. The molecule has 0 saturated carbocycles. The molecule has 0 aliphatic carbocycles. The van der Waals surface area contributed by atoms with Gasteiger partial charge < -0.3 is 9.97 Å². The summed E-state index contributed by atoms with van der Waals surface area (Å²) in [7, 11) is 0. The quantitative estimate of drug-likeness (QED) is 0.142. The molecule has 8 aromatic rings. The van der Waals surface area contributed by atoms with Crippen LogP contribution in [0.2, 0.25) is 0 Å². The molecule has 0 bridgehead atoms. The minimum atomic E-state index is -4.65. The summed E-state index contributed by atoms with van der Waals surface area (Å²) >= 11 is 0. The van der Waals surface area contributed by atoms with Crippen LogP contribution in [-0.2, 0) is 12.9 Å². The van der Waals surface area contributed by atoms with Gasteiger partial charge in [-0.1, -0.05) is 48.5 Å². The van der Waals surface area contributed by atoms with Gasteiger partial charge in [0.15, 0.2) is 0 Å². The molecule has 2 aliphatic heterocycles. The molecule has 0 atom stereocenters. The van der Waals surface area contributed by atoms with Gasteiger partial charge in [-0.2, -0.15) is 13.2 Å². The summed E-state index contributed by atoms with van der Waals surface area (Å²) in [6.45, 7) is -0.743. The number of carbonyl (C=O) groups is 4. The molecule has 2 aromatic heterocycles. The second-order valence-electron chi connectivity index (χ2n) is 12.8. The summed E-state index contributed by atoms with van der Waals surface area (Å²) < 4.78 is 54.1. The number of anilines is 2. The molecule has 10 rings (SSSR count). The highest BCUT2D eigenvalue weighted by Gasteiger charge is 2.46. The van der Waals surface area contributed by atoms with Crippen molar-refractivity contribution in [2.45, 2.75) is 12.9 Å². The molecule has 6 aromatic carbocycles. The van der Waals surface area contributed by atoms with Crippen molar-refractivity contribution >= 4 is 89.4 Å². The smallest absolute Gasteiger partial charge is 0.354 e. The molecule has 12 heteroatoms. The molecule has 0 spiro atoms. The van der Waals surface area contributed by atoms with Crippen molar-refractivity contribution in [3.05, 3.63) is 130 Å². The van der Waals surface area contributed by atoms with Crippen LogP contribution in [-0.4, -0.2) is 33.6 Å². The van der Waals surface area contributed by atoms with Crippen LogP contribution in [0.5, 0.6) is 0 Å². The van der Waals surface area contributed by atoms with E-state index in [2.05, 4.69) is 9.97 Å². The van der Waals surface area contributed by atoms with Crippen LogP contribution >= 0.6 is 0 Å². The number of imide groups is 2. The number of para-hydroxylation sites is 2. The summed E-state index contributed by atoms with van der Waals surface area (Å²) in [6.07, 6.45) is -4.65. The summed E-state index contributed by atoms with van der Waals surface area (Å²) in [4.78, 5) is 67.8. The fourth-order valence-electron chi connectivity index (χ4n) is 7.92. The van der Waals surface area contributed by atoms with Crippen LogP contribution < -0.4 is 9.80 Å². The van der Waals surface area contributed by atoms with Gasteiger partial charge in [-0.05, 0) is 54.1 Å². The molecule has 4 heterocycles. The number of H-pyrrole nitrogens is 2. The lowest BCUT2D eigenvalue weighted by Crippen LogP contribution is -2.44. The van der Waals surface area contributed by atoms with E-state index in [-0.39, 0.29) is 55.4 Å². The molecule has 4 amide bonds. The Morgan fingerprint density at radius 1 is 0.500 bits per heavy atom. The maximum Gasteiger partial charge on any atom is 0.416 e. The van der Waals surface area contributed by atoms with Crippen LogP contribution in [0.15, 0.2) is 97.1 Å². The highest BCUT2D eigenvalue weighted by molar-refractivity contribution is 6.51. The van der Waals surface area contributed by atoms with Crippen LogP contribution in [0.25, 0.3) is 54.4 Å². The topological polar surface area (TPSA) is 106 Å². The fraction of sp³-hybridized carbons (Fsp3) is 0.0500. The van der Waals surface area contributed by atoms with Gasteiger partial charge in [0.1, 0.15) is 6.67 Å². The minimum Gasteiger partial charge on any atom is -0.354 e. The van der Waals surface area contributed by atoms with Crippen molar-refractivity contribution in [3.63, 3.8) is 0 Å². The predicted molar refractivity (Wildman–Crippen MR) is 188 cm³/mol. The number of benzene rings is 6. The van der Waals surface area contributed by atoms with E-state index in [0.717, 1.165) is 34.1 Å². The number of carbonyl (C=O) groups excluding carboxylic acids is 4. The number of aromatic amines is 2. The predicted octanol–water partition coefficient (Wildman–Crippen LogP) is 9.20. The van der Waals surface area contributed by atoms with E-state index in [4.69, 9.17) is 0 Å². The molecule has 252 valence electrons. The van der Waals surface area contributed by atoms with Gasteiger partial charge in [0, 0.05) is 43.4 Å². The number of hydrogen-bond acceptors (Lipinski definition) is 4. The Labute approximate surface area is 288 Å². The number of halogens is 4. The molecule has 2 N–H and O–H groups in total. The first kappa shape index (κ1) is 30.0. The van der Waals surface area contributed by atoms with Gasteiger partial charge in [-0.3, -0.25) is 19.2 Å². The minimum absolute atomic E-state index is 0.00534. The van der Waals surface area contributed by atoms with Crippen LogP contribution in [0.1, 0.15) is 52.6 Å². The van der Waals surface area contributed by atoms with Gasteiger partial charge >= 0.3 is 6.18 Å².